The summed E-state index contributed by atoms with van der Waals surface area (Å²) in [5.41, 5.74) is 3.70. The standard InChI is InChI=1S/C13H14N4O2/c1-7(8-5-14-6-8)12(18)15-9-2-3-10-11(4-9)17-13(19)16-10/h2-4,14H,5-6H2,1H3,(H,15,18)(H2,16,17,19). The highest BCUT2D eigenvalue weighted by Gasteiger charge is 2.16. The number of H-pyrrole nitrogens is 2. The first kappa shape index (κ1) is 11.7. The molecule has 1 aliphatic rings. The molecule has 0 atom stereocenters. The first-order valence-corrected chi connectivity index (χ1v) is 6.06. The number of fused-ring (bicyclic) bond motifs is 1. The molecule has 1 fully saturated rings. The van der Waals surface area contributed by atoms with Gasteiger partial charge in [-0.3, -0.25) is 4.79 Å². The van der Waals surface area contributed by atoms with Gasteiger partial charge in [0.05, 0.1) is 11.0 Å². The molecule has 6 heteroatoms. The van der Waals surface area contributed by atoms with Crippen molar-refractivity contribution in [2.24, 2.45) is 0 Å². The predicted octanol–water partition coefficient (Wildman–Crippen LogP) is 0.714. The van der Waals surface area contributed by atoms with Crippen LogP contribution in [0.2, 0.25) is 0 Å². The summed E-state index contributed by atoms with van der Waals surface area (Å²) >= 11 is 0. The Morgan fingerprint density at radius 3 is 2.63 bits per heavy atom. The molecule has 0 radical (unpaired) electrons. The summed E-state index contributed by atoms with van der Waals surface area (Å²) in [4.78, 5) is 28.5. The van der Waals surface area contributed by atoms with E-state index in [2.05, 4.69) is 20.6 Å². The Hall–Kier alpha value is -2.34. The molecule has 2 heterocycles. The quantitative estimate of drug-likeness (QED) is 0.598. The molecule has 0 aliphatic carbocycles. The number of anilines is 1. The van der Waals surface area contributed by atoms with Gasteiger partial charge in [0.2, 0.25) is 0 Å². The van der Waals surface area contributed by atoms with Crippen molar-refractivity contribution in [3.05, 3.63) is 39.8 Å². The van der Waals surface area contributed by atoms with Gasteiger partial charge in [-0.15, -0.1) is 0 Å². The van der Waals surface area contributed by atoms with Gasteiger partial charge >= 0.3 is 5.69 Å². The molecule has 19 heavy (non-hydrogen) atoms. The number of carbonyl (C=O) groups excluding carboxylic acids is 1. The third-order valence-electron chi connectivity index (χ3n) is 3.32. The fourth-order valence-corrected chi connectivity index (χ4v) is 2.01. The molecule has 2 aromatic rings. The number of hydrogen-bond donors (Lipinski definition) is 4. The molecule has 98 valence electrons. The Balaban J connectivity index is 1.84. The lowest BCUT2D eigenvalue weighted by atomic mass is 10.0. The molecule has 1 aromatic carbocycles. The highest BCUT2D eigenvalue weighted by atomic mass is 16.2. The lowest BCUT2D eigenvalue weighted by Gasteiger charge is -2.21. The number of carbonyl (C=O) groups is 1. The van der Waals surface area contributed by atoms with Gasteiger partial charge in [0.1, 0.15) is 0 Å². The number of nitrogens with one attached hydrogen (secondary N) is 4. The Labute approximate surface area is 108 Å². The van der Waals surface area contributed by atoms with E-state index in [1.54, 1.807) is 18.2 Å². The van der Waals surface area contributed by atoms with Gasteiger partial charge in [-0.25, -0.2) is 4.79 Å². The lowest BCUT2D eigenvalue weighted by Crippen LogP contribution is -2.36. The van der Waals surface area contributed by atoms with Crippen molar-refractivity contribution in [2.45, 2.75) is 6.92 Å². The van der Waals surface area contributed by atoms with E-state index in [0.29, 0.717) is 11.2 Å². The Morgan fingerprint density at radius 1 is 1.21 bits per heavy atom. The van der Waals surface area contributed by atoms with Crippen molar-refractivity contribution in [3.63, 3.8) is 0 Å². The average molecular weight is 258 g/mol. The highest BCUT2D eigenvalue weighted by molar-refractivity contribution is 6.04. The van der Waals surface area contributed by atoms with E-state index in [4.69, 9.17) is 0 Å². The third-order valence-corrected chi connectivity index (χ3v) is 3.32. The van der Waals surface area contributed by atoms with Crippen LogP contribution in [0.25, 0.3) is 11.0 Å². The molecule has 0 spiro atoms. The van der Waals surface area contributed by atoms with Crippen LogP contribution in [0.3, 0.4) is 0 Å². The van der Waals surface area contributed by atoms with Crippen molar-refractivity contribution in [1.29, 1.82) is 0 Å². The average Bonchev–Trinajstić information content (AvgIpc) is 2.66. The summed E-state index contributed by atoms with van der Waals surface area (Å²) < 4.78 is 0. The molecule has 1 amide bonds. The van der Waals surface area contributed by atoms with Gasteiger partial charge < -0.3 is 20.6 Å². The largest absolute Gasteiger partial charge is 0.323 e. The van der Waals surface area contributed by atoms with E-state index >= 15 is 0 Å². The van der Waals surface area contributed by atoms with E-state index in [0.717, 1.165) is 29.8 Å². The van der Waals surface area contributed by atoms with E-state index in [9.17, 15) is 9.59 Å². The molecule has 6 nitrogen and oxygen atoms in total. The van der Waals surface area contributed by atoms with Crippen LogP contribution in [0.4, 0.5) is 5.69 Å². The summed E-state index contributed by atoms with van der Waals surface area (Å²) in [6.07, 6.45) is 0. The van der Waals surface area contributed by atoms with E-state index in [-0.39, 0.29) is 11.6 Å². The number of aromatic nitrogens is 2. The monoisotopic (exact) mass is 258 g/mol. The van der Waals surface area contributed by atoms with Gasteiger partial charge in [-0.2, -0.15) is 0 Å². The minimum Gasteiger partial charge on any atom is -0.322 e. The molecule has 4 N–H and O–H groups in total. The maximum atomic E-state index is 12.0. The zero-order valence-corrected chi connectivity index (χ0v) is 10.5. The third kappa shape index (κ3) is 2.17. The summed E-state index contributed by atoms with van der Waals surface area (Å²) in [5, 5.41) is 5.94. The van der Waals surface area contributed by atoms with Crippen molar-refractivity contribution in [1.82, 2.24) is 15.3 Å². The first-order valence-electron chi connectivity index (χ1n) is 6.06. The molecule has 1 aromatic heterocycles. The van der Waals surface area contributed by atoms with Gasteiger partial charge in [0, 0.05) is 24.4 Å². The number of rotatable bonds is 2. The Morgan fingerprint density at radius 2 is 1.95 bits per heavy atom. The van der Waals surface area contributed by atoms with E-state index < -0.39 is 0 Å². The van der Waals surface area contributed by atoms with Crippen molar-refractivity contribution in [2.75, 3.05) is 18.4 Å². The second kappa shape index (κ2) is 4.40. The number of amides is 1. The fourth-order valence-electron chi connectivity index (χ4n) is 2.01. The first-order chi connectivity index (χ1) is 9.13. The Kier molecular flexibility index (Phi) is 2.72. The topological polar surface area (TPSA) is 89.8 Å². The number of imidazole rings is 1. The SMILES string of the molecule is CC(C(=O)Nc1ccc2[nH]c(=O)[nH]c2c1)=C1CNC1. The summed E-state index contributed by atoms with van der Waals surface area (Å²) in [6.45, 7) is 3.38. The molecule has 1 saturated heterocycles. The lowest BCUT2D eigenvalue weighted by molar-refractivity contribution is -0.112. The molecule has 3 rings (SSSR count). The van der Waals surface area contributed by atoms with Gasteiger partial charge in [0.25, 0.3) is 5.91 Å². The minimum atomic E-state index is -0.252. The second-order valence-electron chi connectivity index (χ2n) is 4.63. The number of aromatic amines is 2. The van der Waals surface area contributed by atoms with Crippen LogP contribution in [-0.4, -0.2) is 29.0 Å². The second-order valence-corrected chi connectivity index (χ2v) is 4.63. The molecule has 0 saturated carbocycles. The zero-order valence-electron chi connectivity index (χ0n) is 10.5. The summed E-state index contributed by atoms with van der Waals surface area (Å²) in [6, 6.07) is 5.26. The minimum absolute atomic E-state index is 0.103. The van der Waals surface area contributed by atoms with E-state index in [1.807, 2.05) is 6.92 Å². The number of hydrogen-bond acceptors (Lipinski definition) is 3. The van der Waals surface area contributed by atoms with Crippen LogP contribution >= 0.6 is 0 Å². The van der Waals surface area contributed by atoms with Crippen LogP contribution in [0.5, 0.6) is 0 Å². The van der Waals surface area contributed by atoms with E-state index in [1.165, 1.54) is 0 Å². The molecule has 1 aliphatic heterocycles. The summed E-state index contributed by atoms with van der Waals surface area (Å²) in [7, 11) is 0. The van der Waals surface area contributed by atoms with Crippen LogP contribution in [0, 0.1) is 0 Å². The normalized spacial score (nSPS) is 14.3. The van der Waals surface area contributed by atoms with Crippen LogP contribution in [0.15, 0.2) is 34.1 Å². The van der Waals surface area contributed by atoms with Gasteiger partial charge in [-0.1, -0.05) is 0 Å². The molecule has 0 bridgehead atoms. The highest BCUT2D eigenvalue weighted by Crippen LogP contribution is 2.16. The van der Waals surface area contributed by atoms with Crippen molar-refractivity contribution in [3.8, 4) is 0 Å². The predicted molar refractivity (Wildman–Crippen MR) is 73.1 cm³/mol. The van der Waals surface area contributed by atoms with Gasteiger partial charge in [-0.05, 0) is 30.7 Å². The molecular formula is C13H14N4O2. The van der Waals surface area contributed by atoms with Crippen LogP contribution in [0.1, 0.15) is 6.92 Å². The molecule has 0 unspecified atom stereocenters. The fraction of sp³-hybridized carbons (Fsp3) is 0.231. The summed E-state index contributed by atoms with van der Waals surface area (Å²) in [5.74, 6) is -0.103. The maximum Gasteiger partial charge on any atom is 0.323 e. The van der Waals surface area contributed by atoms with Crippen LogP contribution in [-0.2, 0) is 4.79 Å². The van der Waals surface area contributed by atoms with Crippen molar-refractivity contribution >= 4 is 22.6 Å². The van der Waals surface area contributed by atoms with Crippen LogP contribution < -0.4 is 16.3 Å². The van der Waals surface area contributed by atoms with Crippen molar-refractivity contribution < 1.29 is 4.79 Å². The Bertz CT molecular complexity index is 732. The zero-order chi connectivity index (χ0) is 13.4. The maximum absolute atomic E-state index is 12.0. The number of benzene rings is 1. The smallest absolute Gasteiger partial charge is 0.322 e. The van der Waals surface area contributed by atoms with Gasteiger partial charge in [0.15, 0.2) is 0 Å². The molecular weight excluding hydrogens is 244 g/mol.